The van der Waals surface area contributed by atoms with Crippen LogP contribution in [0.3, 0.4) is 0 Å². The molecule has 0 aliphatic heterocycles. The lowest BCUT2D eigenvalue weighted by Crippen LogP contribution is -2.20. The van der Waals surface area contributed by atoms with Crippen LogP contribution in [0.1, 0.15) is 5.01 Å². The van der Waals surface area contributed by atoms with Crippen LogP contribution in [0.4, 0.5) is 0 Å². The Morgan fingerprint density at radius 1 is 1.40 bits per heavy atom. The molecule has 0 fully saturated rings. The van der Waals surface area contributed by atoms with E-state index in [2.05, 4.69) is 10.2 Å². The molecule has 0 saturated heterocycles. The van der Waals surface area contributed by atoms with E-state index >= 15 is 0 Å². The summed E-state index contributed by atoms with van der Waals surface area (Å²) in [4.78, 5) is 0. The van der Waals surface area contributed by atoms with Crippen LogP contribution in [0, 0.1) is 6.92 Å². The van der Waals surface area contributed by atoms with E-state index < -0.39 is 6.10 Å². The molecule has 0 spiro atoms. The zero-order valence-corrected chi connectivity index (χ0v) is 13.7. The van der Waals surface area contributed by atoms with Crippen molar-refractivity contribution in [3.05, 3.63) is 33.3 Å². The second-order valence-electron chi connectivity index (χ2n) is 3.94. The van der Waals surface area contributed by atoms with Crippen LogP contribution in [0.2, 0.25) is 10.0 Å². The van der Waals surface area contributed by atoms with Crippen LogP contribution in [0.5, 0.6) is 5.75 Å². The molecule has 2 aromatic rings. The van der Waals surface area contributed by atoms with Crippen LogP contribution in [0.15, 0.2) is 22.5 Å². The molecule has 0 radical (unpaired) electrons. The topological polar surface area (TPSA) is 55.2 Å². The van der Waals surface area contributed by atoms with E-state index in [0.29, 0.717) is 21.5 Å². The van der Waals surface area contributed by atoms with E-state index in [1.807, 2.05) is 6.92 Å². The van der Waals surface area contributed by atoms with Crippen molar-refractivity contribution < 1.29 is 9.84 Å². The molecule has 1 aromatic carbocycles. The van der Waals surface area contributed by atoms with E-state index in [1.54, 1.807) is 18.2 Å². The molecule has 1 aromatic heterocycles. The van der Waals surface area contributed by atoms with Gasteiger partial charge in [-0.1, -0.05) is 46.3 Å². The molecule has 1 N–H and O–H groups in total. The Kier molecular flexibility index (Phi) is 5.92. The van der Waals surface area contributed by atoms with Gasteiger partial charge in [-0.2, -0.15) is 0 Å². The minimum atomic E-state index is -0.626. The highest BCUT2D eigenvalue weighted by molar-refractivity contribution is 8.01. The normalized spacial score (nSPS) is 12.4. The van der Waals surface area contributed by atoms with Crippen LogP contribution in [0.25, 0.3) is 0 Å². The summed E-state index contributed by atoms with van der Waals surface area (Å²) in [5, 5.41) is 19.7. The van der Waals surface area contributed by atoms with Crippen molar-refractivity contribution >= 4 is 46.3 Å². The van der Waals surface area contributed by atoms with Gasteiger partial charge in [0.15, 0.2) is 4.34 Å². The first kappa shape index (κ1) is 15.9. The van der Waals surface area contributed by atoms with Crippen LogP contribution in [-0.2, 0) is 0 Å². The fourth-order valence-corrected chi connectivity index (χ4v) is 3.41. The highest BCUT2D eigenvalue weighted by atomic mass is 35.5. The molecule has 1 heterocycles. The maximum Gasteiger partial charge on any atom is 0.174 e. The van der Waals surface area contributed by atoms with Crippen LogP contribution >= 0.6 is 46.3 Å². The summed E-state index contributed by atoms with van der Waals surface area (Å²) in [5.74, 6) is 0.947. The quantitative estimate of drug-likeness (QED) is 0.805. The fourth-order valence-electron chi connectivity index (χ4n) is 1.33. The summed E-state index contributed by atoms with van der Waals surface area (Å²) in [6.45, 7) is 2.03. The zero-order valence-electron chi connectivity index (χ0n) is 10.5. The van der Waals surface area contributed by atoms with E-state index in [0.717, 1.165) is 9.35 Å². The average molecular weight is 351 g/mol. The smallest absolute Gasteiger partial charge is 0.174 e. The summed E-state index contributed by atoms with van der Waals surface area (Å²) in [7, 11) is 0. The van der Waals surface area contributed by atoms with Crippen molar-refractivity contribution in [3.8, 4) is 5.75 Å². The third kappa shape index (κ3) is 4.79. The third-order valence-corrected chi connectivity index (χ3v) is 4.90. The number of ether oxygens (including phenoxy) is 1. The van der Waals surface area contributed by atoms with E-state index in [-0.39, 0.29) is 6.61 Å². The summed E-state index contributed by atoms with van der Waals surface area (Å²) in [6, 6.07) is 4.96. The van der Waals surface area contributed by atoms with Gasteiger partial charge in [-0.15, -0.1) is 10.2 Å². The summed E-state index contributed by atoms with van der Waals surface area (Å²) >= 11 is 14.8. The second-order valence-corrected chi connectivity index (χ2v) is 7.23. The molecule has 0 aliphatic rings. The molecule has 1 atom stereocenters. The van der Waals surface area contributed by atoms with Crippen LogP contribution < -0.4 is 4.74 Å². The van der Waals surface area contributed by atoms with Gasteiger partial charge in [0, 0.05) is 16.8 Å². The lowest BCUT2D eigenvalue weighted by Gasteiger charge is -2.12. The minimum absolute atomic E-state index is 0.144. The number of benzene rings is 1. The summed E-state index contributed by atoms with van der Waals surface area (Å²) in [5.41, 5.74) is 0. The van der Waals surface area contributed by atoms with Crippen molar-refractivity contribution in [2.24, 2.45) is 0 Å². The number of rotatable bonds is 6. The van der Waals surface area contributed by atoms with Gasteiger partial charge >= 0.3 is 0 Å². The molecule has 2 rings (SSSR count). The Balaban J connectivity index is 1.80. The molecular formula is C12H12Cl2N2O2S2. The number of aliphatic hydroxyl groups excluding tert-OH is 1. The molecule has 0 amide bonds. The predicted molar refractivity (Wildman–Crippen MR) is 83.3 cm³/mol. The van der Waals surface area contributed by atoms with Crippen molar-refractivity contribution in [1.82, 2.24) is 10.2 Å². The van der Waals surface area contributed by atoms with Crippen molar-refractivity contribution in [2.75, 3.05) is 12.4 Å². The summed E-state index contributed by atoms with van der Waals surface area (Å²) in [6.07, 6.45) is -0.626. The Morgan fingerprint density at radius 3 is 2.90 bits per heavy atom. The molecule has 1 unspecified atom stereocenters. The first-order valence-electron chi connectivity index (χ1n) is 5.73. The number of aliphatic hydroxyl groups is 1. The predicted octanol–water partition coefficient (Wildman–Crippen LogP) is 3.69. The molecule has 0 saturated carbocycles. The molecule has 0 aliphatic carbocycles. The fraction of sp³-hybridized carbons (Fsp3) is 0.333. The number of thioether (sulfide) groups is 1. The van der Waals surface area contributed by atoms with Crippen molar-refractivity contribution in [1.29, 1.82) is 0 Å². The average Bonchev–Trinajstić information content (AvgIpc) is 2.83. The van der Waals surface area contributed by atoms with Gasteiger partial charge in [-0.3, -0.25) is 0 Å². The Bertz CT molecular complexity index is 580. The first-order valence-corrected chi connectivity index (χ1v) is 8.29. The largest absolute Gasteiger partial charge is 0.489 e. The highest BCUT2D eigenvalue weighted by Gasteiger charge is 2.10. The molecule has 108 valence electrons. The number of nitrogens with zero attached hydrogens (tertiary/aromatic N) is 2. The Morgan fingerprint density at radius 2 is 2.20 bits per heavy atom. The van der Waals surface area contributed by atoms with Gasteiger partial charge < -0.3 is 9.84 Å². The maximum absolute atomic E-state index is 9.87. The second kappa shape index (κ2) is 7.47. The number of aromatic nitrogens is 2. The maximum atomic E-state index is 9.87. The summed E-state index contributed by atoms with van der Waals surface area (Å²) < 4.78 is 6.30. The van der Waals surface area contributed by atoms with Crippen molar-refractivity contribution in [3.63, 3.8) is 0 Å². The number of hydrogen-bond donors (Lipinski definition) is 1. The minimum Gasteiger partial charge on any atom is -0.489 e. The monoisotopic (exact) mass is 350 g/mol. The Hall–Kier alpha value is -0.530. The molecule has 0 bridgehead atoms. The van der Waals surface area contributed by atoms with Gasteiger partial charge in [-0.05, 0) is 19.1 Å². The standard InChI is InChI=1S/C12H12Cl2N2O2S2/c1-7-15-16-12(20-7)19-6-9(17)5-18-11-4-8(13)2-3-10(11)14/h2-4,9,17H,5-6H2,1H3. The highest BCUT2D eigenvalue weighted by Crippen LogP contribution is 2.28. The number of halogens is 2. The van der Waals surface area contributed by atoms with Crippen LogP contribution in [-0.4, -0.2) is 33.8 Å². The number of hydrogen-bond acceptors (Lipinski definition) is 6. The third-order valence-electron chi connectivity index (χ3n) is 2.23. The van der Waals surface area contributed by atoms with Crippen molar-refractivity contribution in [2.45, 2.75) is 17.4 Å². The van der Waals surface area contributed by atoms with E-state index in [4.69, 9.17) is 27.9 Å². The molecular weight excluding hydrogens is 339 g/mol. The lowest BCUT2D eigenvalue weighted by molar-refractivity contribution is 0.126. The van der Waals surface area contributed by atoms with E-state index in [9.17, 15) is 5.11 Å². The first-order chi connectivity index (χ1) is 9.54. The van der Waals surface area contributed by atoms with Gasteiger partial charge in [0.2, 0.25) is 0 Å². The SMILES string of the molecule is Cc1nnc(SCC(O)COc2cc(Cl)ccc2Cl)s1. The van der Waals surface area contributed by atoms with Gasteiger partial charge in [-0.25, -0.2) is 0 Å². The van der Waals surface area contributed by atoms with Gasteiger partial charge in [0.05, 0.1) is 11.1 Å². The van der Waals surface area contributed by atoms with Gasteiger partial charge in [0.1, 0.15) is 17.4 Å². The molecule has 8 heteroatoms. The number of aryl methyl sites for hydroxylation is 1. The molecule has 4 nitrogen and oxygen atoms in total. The lowest BCUT2D eigenvalue weighted by atomic mass is 10.3. The zero-order chi connectivity index (χ0) is 14.5. The molecule has 20 heavy (non-hydrogen) atoms. The van der Waals surface area contributed by atoms with E-state index in [1.165, 1.54) is 23.1 Å². The van der Waals surface area contributed by atoms with Gasteiger partial charge in [0.25, 0.3) is 0 Å². The Labute approximate surface area is 135 Å².